The van der Waals surface area contributed by atoms with Gasteiger partial charge in [0.25, 0.3) is 0 Å². The fraction of sp³-hybridized carbons (Fsp3) is 0.429. The van der Waals surface area contributed by atoms with E-state index in [0.717, 1.165) is 24.0 Å². The normalized spacial score (nSPS) is 17.3. The molecule has 0 saturated carbocycles. The van der Waals surface area contributed by atoms with Gasteiger partial charge in [-0.3, -0.25) is 9.78 Å². The zero-order valence-electron chi connectivity index (χ0n) is 15.2. The fourth-order valence-electron chi connectivity index (χ4n) is 3.40. The Balaban J connectivity index is 1.74. The van der Waals surface area contributed by atoms with Crippen LogP contribution in [0.25, 0.3) is 0 Å². The van der Waals surface area contributed by atoms with E-state index in [4.69, 9.17) is 16.3 Å². The van der Waals surface area contributed by atoms with Gasteiger partial charge in [-0.05, 0) is 54.7 Å². The maximum Gasteiger partial charge on any atom is 0.227 e. The van der Waals surface area contributed by atoms with Crippen LogP contribution in [0.3, 0.4) is 0 Å². The van der Waals surface area contributed by atoms with Crippen molar-refractivity contribution in [1.82, 2.24) is 10.3 Å². The lowest BCUT2D eigenvalue weighted by molar-refractivity contribution is -0.123. The number of aliphatic hydroxyl groups excluding tert-OH is 1. The highest BCUT2D eigenvalue weighted by atomic mass is 35.5. The van der Waals surface area contributed by atoms with Crippen molar-refractivity contribution in [2.45, 2.75) is 25.2 Å². The van der Waals surface area contributed by atoms with Crippen molar-refractivity contribution >= 4 is 17.5 Å². The Kier molecular flexibility index (Phi) is 6.83. The molecule has 1 aliphatic rings. The molecule has 1 aromatic carbocycles. The molecule has 0 spiro atoms. The van der Waals surface area contributed by atoms with Crippen LogP contribution in [0.2, 0.25) is 5.02 Å². The molecule has 0 radical (unpaired) electrons. The van der Waals surface area contributed by atoms with Crippen molar-refractivity contribution < 1.29 is 14.6 Å². The van der Waals surface area contributed by atoms with Gasteiger partial charge < -0.3 is 15.2 Å². The molecule has 2 heterocycles. The summed E-state index contributed by atoms with van der Waals surface area (Å²) in [7, 11) is 0. The number of nitrogens with zero attached hydrogens (tertiary/aromatic N) is 1. The van der Waals surface area contributed by atoms with E-state index in [1.54, 1.807) is 24.5 Å². The minimum absolute atomic E-state index is 0.0477. The van der Waals surface area contributed by atoms with Crippen LogP contribution in [0.5, 0.6) is 0 Å². The Morgan fingerprint density at radius 1 is 1.19 bits per heavy atom. The molecule has 5 nitrogen and oxygen atoms in total. The van der Waals surface area contributed by atoms with Crippen LogP contribution < -0.4 is 5.32 Å². The van der Waals surface area contributed by atoms with E-state index in [9.17, 15) is 9.90 Å². The van der Waals surface area contributed by atoms with Gasteiger partial charge in [-0.15, -0.1) is 0 Å². The Morgan fingerprint density at radius 2 is 1.85 bits per heavy atom. The number of aromatic nitrogens is 1. The van der Waals surface area contributed by atoms with Crippen molar-refractivity contribution in [2.75, 3.05) is 26.4 Å². The summed E-state index contributed by atoms with van der Waals surface area (Å²) in [5, 5.41) is 13.6. The number of hydrogen-bond donors (Lipinski definition) is 2. The molecule has 27 heavy (non-hydrogen) atoms. The second-order valence-electron chi connectivity index (χ2n) is 7.15. The zero-order valence-corrected chi connectivity index (χ0v) is 16.0. The molecule has 144 valence electrons. The topological polar surface area (TPSA) is 71.5 Å². The van der Waals surface area contributed by atoms with Crippen LogP contribution in [0.1, 0.15) is 29.9 Å². The van der Waals surface area contributed by atoms with E-state index in [1.165, 1.54) is 0 Å². The molecule has 1 fully saturated rings. The van der Waals surface area contributed by atoms with Crippen LogP contribution >= 0.6 is 11.6 Å². The summed E-state index contributed by atoms with van der Waals surface area (Å²) in [4.78, 5) is 17.1. The smallest absolute Gasteiger partial charge is 0.227 e. The lowest BCUT2D eigenvalue weighted by atomic mass is 9.80. The van der Waals surface area contributed by atoms with Crippen molar-refractivity contribution in [3.05, 3.63) is 64.9 Å². The maximum absolute atomic E-state index is 13.1. The second kappa shape index (κ2) is 9.31. The number of amides is 1. The molecule has 3 rings (SSSR count). The summed E-state index contributed by atoms with van der Waals surface area (Å²) < 4.78 is 5.40. The molecule has 2 N–H and O–H groups in total. The number of carbonyl (C=O) groups excluding carboxylic acids is 1. The van der Waals surface area contributed by atoms with E-state index >= 15 is 0 Å². The summed E-state index contributed by atoms with van der Waals surface area (Å²) in [6.45, 7) is 1.74. The number of halogens is 1. The van der Waals surface area contributed by atoms with Crippen LogP contribution in [0, 0.1) is 5.41 Å². The number of carbonyl (C=O) groups is 1. The van der Waals surface area contributed by atoms with E-state index in [2.05, 4.69) is 10.3 Å². The Labute approximate surface area is 164 Å². The first kappa shape index (κ1) is 19.8. The molecule has 1 aromatic heterocycles. The number of benzene rings is 1. The minimum Gasteiger partial charge on any atom is -0.396 e. The highest BCUT2D eigenvalue weighted by molar-refractivity contribution is 6.30. The molecule has 1 unspecified atom stereocenters. The first-order valence-corrected chi connectivity index (χ1v) is 9.60. The summed E-state index contributed by atoms with van der Waals surface area (Å²) in [6.07, 6.45) is 5.54. The third kappa shape index (κ3) is 5.28. The standard InChI is InChI=1S/C21H25ClN2O3/c22-18-3-1-17(2-4-18)19(13-16-5-9-23-10-6-16)20(26)24-14-21(15-25)7-11-27-12-8-21/h1-6,9-10,19,25H,7-8,11-15H2,(H,24,26). The highest BCUT2D eigenvalue weighted by Gasteiger charge is 2.33. The first-order chi connectivity index (χ1) is 13.1. The average Bonchev–Trinajstić information content (AvgIpc) is 2.72. The van der Waals surface area contributed by atoms with Gasteiger partial charge in [0.1, 0.15) is 0 Å². The fourth-order valence-corrected chi connectivity index (χ4v) is 3.53. The van der Waals surface area contributed by atoms with Gasteiger partial charge in [0.2, 0.25) is 5.91 Å². The van der Waals surface area contributed by atoms with Crippen LogP contribution in [-0.4, -0.2) is 42.4 Å². The lowest BCUT2D eigenvalue weighted by Crippen LogP contribution is -2.45. The third-order valence-electron chi connectivity index (χ3n) is 5.30. The van der Waals surface area contributed by atoms with E-state index in [1.807, 2.05) is 24.3 Å². The number of aliphatic hydroxyl groups is 1. The number of ether oxygens (including phenoxy) is 1. The monoisotopic (exact) mass is 388 g/mol. The van der Waals surface area contributed by atoms with E-state index in [-0.39, 0.29) is 23.8 Å². The van der Waals surface area contributed by atoms with Gasteiger partial charge >= 0.3 is 0 Å². The minimum atomic E-state index is -0.333. The molecule has 1 atom stereocenters. The molecular weight excluding hydrogens is 364 g/mol. The van der Waals surface area contributed by atoms with Gasteiger partial charge in [-0.25, -0.2) is 0 Å². The van der Waals surface area contributed by atoms with Gasteiger partial charge in [-0.2, -0.15) is 0 Å². The summed E-state index contributed by atoms with van der Waals surface area (Å²) in [5.41, 5.74) is 1.66. The maximum atomic E-state index is 13.1. The molecular formula is C21H25ClN2O3. The van der Waals surface area contributed by atoms with Gasteiger partial charge in [-0.1, -0.05) is 23.7 Å². The summed E-state index contributed by atoms with van der Waals surface area (Å²) >= 11 is 6.01. The number of hydrogen-bond acceptors (Lipinski definition) is 4. The van der Waals surface area contributed by atoms with Crippen molar-refractivity contribution in [3.63, 3.8) is 0 Å². The SMILES string of the molecule is O=C(NCC1(CO)CCOCC1)C(Cc1ccncc1)c1ccc(Cl)cc1. The predicted molar refractivity (Wildman–Crippen MR) is 105 cm³/mol. The Hall–Kier alpha value is -1.95. The van der Waals surface area contributed by atoms with Gasteiger partial charge in [0.05, 0.1) is 12.5 Å². The van der Waals surface area contributed by atoms with Crippen molar-refractivity contribution in [2.24, 2.45) is 5.41 Å². The molecule has 0 bridgehead atoms. The number of nitrogens with one attached hydrogen (secondary N) is 1. The van der Waals surface area contributed by atoms with Gasteiger partial charge in [0, 0.05) is 42.6 Å². The number of rotatable bonds is 7. The summed E-state index contributed by atoms with van der Waals surface area (Å²) in [6, 6.07) is 11.2. The van der Waals surface area contributed by atoms with Crippen molar-refractivity contribution in [3.8, 4) is 0 Å². The molecule has 1 amide bonds. The average molecular weight is 389 g/mol. The molecule has 0 aliphatic carbocycles. The van der Waals surface area contributed by atoms with Crippen LogP contribution in [-0.2, 0) is 16.0 Å². The first-order valence-electron chi connectivity index (χ1n) is 9.23. The summed E-state index contributed by atoms with van der Waals surface area (Å²) in [5.74, 6) is -0.381. The second-order valence-corrected chi connectivity index (χ2v) is 7.59. The molecule has 6 heteroatoms. The lowest BCUT2D eigenvalue weighted by Gasteiger charge is -2.36. The Bertz CT molecular complexity index is 731. The van der Waals surface area contributed by atoms with Crippen LogP contribution in [0.4, 0.5) is 0 Å². The van der Waals surface area contributed by atoms with Gasteiger partial charge in [0.15, 0.2) is 0 Å². The third-order valence-corrected chi connectivity index (χ3v) is 5.56. The van der Waals surface area contributed by atoms with Crippen molar-refractivity contribution in [1.29, 1.82) is 0 Å². The predicted octanol–water partition coefficient (Wildman–Crippen LogP) is 2.97. The number of pyridine rings is 1. The molecule has 1 aliphatic heterocycles. The molecule has 2 aromatic rings. The van der Waals surface area contributed by atoms with Crippen LogP contribution in [0.15, 0.2) is 48.8 Å². The molecule has 1 saturated heterocycles. The zero-order chi connectivity index (χ0) is 19.1. The van der Waals surface area contributed by atoms with E-state index in [0.29, 0.717) is 31.2 Å². The van der Waals surface area contributed by atoms with E-state index < -0.39 is 0 Å². The highest BCUT2D eigenvalue weighted by Crippen LogP contribution is 2.30. The quantitative estimate of drug-likeness (QED) is 0.765. The Morgan fingerprint density at radius 3 is 2.48 bits per heavy atom. The largest absolute Gasteiger partial charge is 0.396 e.